The quantitative estimate of drug-likeness (QED) is 0.208. The molecule has 0 saturated heterocycles. The first-order chi connectivity index (χ1) is 15.3. The van der Waals surface area contributed by atoms with Crippen LogP contribution in [0.15, 0.2) is 60.7 Å². The Morgan fingerprint density at radius 2 is 1.84 bits per heavy atom. The first-order valence-corrected chi connectivity index (χ1v) is 10.1. The van der Waals surface area contributed by atoms with Crippen molar-refractivity contribution < 1.29 is 19.2 Å². The highest BCUT2D eigenvalue weighted by atomic mass is 35.5. The van der Waals surface area contributed by atoms with Crippen LogP contribution < -0.4 is 9.47 Å². The van der Waals surface area contributed by atoms with Crippen molar-refractivity contribution in [3.8, 4) is 11.6 Å². The molecule has 3 aromatic carbocycles. The molecule has 0 radical (unpaired) electrons. The predicted octanol–water partition coefficient (Wildman–Crippen LogP) is 5.53. The smallest absolute Gasteiger partial charge is 0.345 e. The number of carbonyl (C=O) groups excluding carboxylic acids is 1. The maximum absolute atomic E-state index is 12.7. The number of nitro benzene ring substituents is 1. The van der Waals surface area contributed by atoms with E-state index in [0.29, 0.717) is 32.3 Å². The standard InChI is InChI=1S/C22H15Cl2N3O5/c1-31-18-5-6-20-19(11-18)21(32-22(28)14-8-15(23)10-16(24)9-14)25-26(20)12-13-3-2-4-17(7-13)27(29)30/h2-11H,12H2,1H3. The number of carbonyl (C=O) groups is 1. The third-order valence-electron chi connectivity index (χ3n) is 4.67. The third-order valence-corrected chi connectivity index (χ3v) is 5.10. The number of nitro groups is 1. The van der Waals surface area contributed by atoms with E-state index in [9.17, 15) is 14.9 Å². The number of non-ortho nitro benzene ring substituents is 1. The molecule has 1 heterocycles. The summed E-state index contributed by atoms with van der Waals surface area (Å²) in [6, 6.07) is 15.8. The SMILES string of the molecule is COc1ccc2c(c1)c(OC(=O)c1cc(Cl)cc(Cl)c1)nn2Cc1cccc([N+](=O)[O-])c1. The summed E-state index contributed by atoms with van der Waals surface area (Å²) in [6.07, 6.45) is 0. The highest BCUT2D eigenvalue weighted by molar-refractivity contribution is 6.35. The van der Waals surface area contributed by atoms with Gasteiger partial charge < -0.3 is 9.47 Å². The lowest BCUT2D eigenvalue weighted by Gasteiger charge is -2.04. The van der Waals surface area contributed by atoms with Crippen LogP contribution in [0.3, 0.4) is 0 Å². The molecular weight excluding hydrogens is 457 g/mol. The highest BCUT2D eigenvalue weighted by Crippen LogP contribution is 2.31. The van der Waals surface area contributed by atoms with Crippen molar-refractivity contribution in [3.05, 3.63) is 92.0 Å². The lowest BCUT2D eigenvalue weighted by Crippen LogP contribution is -2.10. The van der Waals surface area contributed by atoms with Crippen LogP contribution in [-0.2, 0) is 6.54 Å². The lowest BCUT2D eigenvalue weighted by atomic mass is 10.2. The van der Waals surface area contributed by atoms with Crippen LogP contribution in [0.5, 0.6) is 11.6 Å². The minimum atomic E-state index is -0.681. The van der Waals surface area contributed by atoms with Gasteiger partial charge in [0.2, 0.25) is 5.88 Å². The molecule has 0 amide bonds. The number of benzene rings is 3. The molecular formula is C22H15Cl2N3O5. The largest absolute Gasteiger partial charge is 0.497 e. The Labute approximate surface area is 192 Å². The molecule has 0 spiro atoms. The van der Waals surface area contributed by atoms with E-state index in [-0.39, 0.29) is 23.7 Å². The monoisotopic (exact) mass is 471 g/mol. The number of hydrogen-bond donors (Lipinski definition) is 0. The van der Waals surface area contributed by atoms with Crippen molar-refractivity contribution in [2.75, 3.05) is 7.11 Å². The highest BCUT2D eigenvalue weighted by Gasteiger charge is 2.19. The van der Waals surface area contributed by atoms with Crippen molar-refractivity contribution in [2.24, 2.45) is 0 Å². The fourth-order valence-corrected chi connectivity index (χ4v) is 3.74. The van der Waals surface area contributed by atoms with Crippen LogP contribution in [0.1, 0.15) is 15.9 Å². The molecule has 0 fully saturated rings. The van der Waals surface area contributed by atoms with Crippen LogP contribution in [0, 0.1) is 10.1 Å². The second kappa shape index (κ2) is 8.86. The zero-order chi connectivity index (χ0) is 22.8. The van der Waals surface area contributed by atoms with E-state index in [4.69, 9.17) is 32.7 Å². The second-order valence-corrected chi connectivity index (χ2v) is 7.69. The van der Waals surface area contributed by atoms with E-state index < -0.39 is 10.9 Å². The summed E-state index contributed by atoms with van der Waals surface area (Å²) < 4.78 is 12.4. The molecule has 0 bridgehead atoms. The third kappa shape index (κ3) is 4.51. The molecule has 0 aliphatic rings. The maximum atomic E-state index is 12.7. The topological polar surface area (TPSA) is 96.5 Å². The van der Waals surface area contributed by atoms with Crippen molar-refractivity contribution in [3.63, 3.8) is 0 Å². The zero-order valence-corrected chi connectivity index (χ0v) is 18.1. The fraction of sp³-hybridized carbons (Fsp3) is 0.0909. The molecule has 0 atom stereocenters. The van der Waals surface area contributed by atoms with Crippen LogP contribution in [0.2, 0.25) is 10.0 Å². The van der Waals surface area contributed by atoms with E-state index in [1.165, 1.54) is 37.4 Å². The lowest BCUT2D eigenvalue weighted by molar-refractivity contribution is -0.384. The molecule has 0 saturated carbocycles. The Kier molecular flexibility index (Phi) is 5.98. The zero-order valence-electron chi connectivity index (χ0n) is 16.6. The minimum absolute atomic E-state index is 0.0230. The Balaban J connectivity index is 1.73. The number of ether oxygens (including phenoxy) is 2. The van der Waals surface area contributed by atoms with E-state index in [0.717, 1.165) is 0 Å². The molecule has 0 N–H and O–H groups in total. The van der Waals surface area contributed by atoms with E-state index in [1.807, 2.05) is 0 Å². The maximum Gasteiger partial charge on any atom is 0.345 e. The van der Waals surface area contributed by atoms with Gasteiger partial charge >= 0.3 is 5.97 Å². The normalized spacial score (nSPS) is 10.8. The van der Waals surface area contributed by atoms with E-state index in [2.05, 4.69) is 5.10 Å². The van der Waals surface area contributed by atoms with Crippen LogP contribution >= 0.6 is 23.2 Å². The Morgan fingerprint density at radius 1 is 1.09 bits per heavy atom. The molecule has 1 aromatic heterocycles. The van der Waals surface area contributed by atoms with Gasteiger partial charge in [0.25, 0.3) is 5.69 Å². The summed E-state index contributed by atoms with van der Waals surface area (Å²) in [5.41, 5.74) is 1.47. The van der Waals surface area contributed by atoms with Gasteiger partial charge in [0.05, 0.1) is 35.0 Å². The van der Waals surface area contributed by atoms with Gasteiger partial charge in [-0.2, -0.15) is 0 Å². The molecule has 8 nitrogen and oxygen atoms in total. The summed E-state index contributed by atoms with van der Waals surface area (Å²) in [5, 5.41) is 16.7. The average molecular weight is 472 g/mol. The molecule has 162 valence electrons. The number of nitrogens with zero attached hydrogens (tertiary/aromatic N) is 3. The molecule has 32 heavy (non-hydrogen) atoms. The predicted molar refractivity (Wildman–Crippen MR) is 120 cm³/mol. The summed E-state index contributed by atoms with van der Waals surface area (Å²) in [7, 11) is 1.52. The van der Waals surface area contributed by atoms with Crippen molar-refractivity contribution >= 4 is 45.8 Å². The number of methoxy groups -OCH3 is 1. The summed E-state index contributed by atoms with van der Waals surface area (Å²) in [5.74, 6) is -0.0694. The van der Waals surface area contributed by atoms with Gasteiger partial charge in [0.15, 0.2) is 0 Å². The van der Waals surface area contributed by atoms with Crippen LogP contribution in [-0.4, -0.2) is 27.8 Å². The Hall–Kier alpha value is -3.62. The number of rotatable bonds is 6. The van der Waals surface area contributed by atoms with Crippen molar-refractivity contribution in [2.45, 2.75) is 6.54 Å². The summed E-state index contributed by atoms with van der Waals surface area (Å²) in [6.45, 7) is 0.227. The van der Waals surface area contributed by atoms with Gasteiger partial charge in [-0.15, -0.1) is 5.10 Å². The fourth-order valence-electron chi connectivity index (χ4n) is 3.21. The number of halogens is 2. The molecule has 4 rings (SSSR count). The molecule has 4 aromatic rings. The number of esters is 1. The molecule has 0 unspecified atom stereocenters. The Morgan fingerprint density at radius 3 is 2.53 bits per heavy atom. The Bertz CT molecular complexity index is 1330. The van der Waals surface area contributed by atoms with Gasteiger partial charge in [-0.05, 0) is 42.0 Å². The van der Waals surface area contributed by atoms with Gasteiger partial charge in [-0.1, -0.05) is 35.3 Å². The second-order valence-electron chi connectivity index (χ2n) is 6.82. The molecule has 0 aliphatic heterocycles. The van der Waals surface area contributed by atoms with E-state index in [1.54, 1.807) is 35.0 Å². The average Bonchev–Trinajstić information content (AvgIpc) is 3.09. The number of hydrogen-bond acceptors (Lipinski definition) is 6. The first kappa shape index (κ1) is 21.6. The summed E-state index contributed by atoms with van der Waals surface area (Å²) in [4.78, 5) is 23.3. The van der Waals surface area contributed by atoms with Gasteiger partial charge in [-0.25, -0.2) is 4.79 Å². The molecule has 10 heteroatoms. The number of fused-ring (bicyclic) bond motifs is 1. The van der Waals surface area contributed by atoms with E-state index >= 15 is 0 Å². The van der Waals surface area contributed by atoms with Crippen molar-refractivity contribution in [1.29, 1.82) is 0 Å². The first-order valence-electron chi connectivity index (χ1n) is 9.30. The van der Waals surface area contributed by atoms with Crippen LogP contribution in [0.4, 0.5) is 5.69 Å². The van der Waals surface area contributed by atoms with Crippen LogP contribution in [0.25, 0.3) is 10.9 Å². The van der Waals surface area contributed by atoms with Gasteiger partial charge in [-0.3, -0.25) is 14.8 Å². The van der Waals surface area contributed by atoms with Gasteiger partial charge in [0.1, 0.15) is 5.75 Å². The summed E-state index contributed by atoms with van der Waals surface area (Å²) >= 11 is 12.0. The van der Waals surface area contributed by atoms with Crippen molar-refractivity contribution in [1.82, 2.24) is 9.78 Å². The minimum Gasteiger partial charge on any atom is -0.497 e. The van der Waals surface area contributed by atoms with Gasteiger partial charge in [0, 0.05) is 22.2 Å². The number of aromatic nitrogens is 2. The molecule has 0 aliphatic carbocycles.